The van der Waals surface area contributed by atoms with E-state index in [1.807, 2.05) is 0 Å². The number of aromatic nitrogens is 4. The number of benzene rings is 1. The second kappa shape index (κ2) is 5.13. The van der Waals surface area contributed by atoms with Crippen LogP contribution in [0.15, 0.2) is 24.3 Å². The molecular formula is C10H12N6O2. The minimum absolute atomic E-state index is 0.138. The molecule has 1 amide bonds. The summed E-state index contributed by atoms with van der Waals surface area (Å²) in [7, 11) is 1.60. The zero-order chi connectivity index (χ0) is 13.0. The largest absolute Gasteiger partial charge is 0.484 e. The molecule has 0 saturated heterocycles. The van der Waals surface area contributed by atoms with Crippen LogP contribution in [0.2, 0.25) is 0 Å². The van der Waals surface area contributed by atoms with E-state index >= 15 is 0 Å². The second-order valence-electron chi connectivity index (χ2n) is 3.51. The minimum Gasteiger partial charge on any atom is -0.484 e. The third-order valence-corrected chi connectivity index (χ3v) is 1.99. The molecule has 8 heteroatoms. The lowest BCUT2D eigenvalue weighted by atomic mass is 10.3. The maximum Gasteiger partial charge on any atom is 0.270 e. The van der Waals surface area contributed by atoms with Gasteiger partial charge in [0.15, 0.2) is 6.61 Å². The van der Waals surface area contributed by atoms with Crippen LogP contribution in [0.1, 0.15) is 0 Å². The zero-order valence-corrected chi connectivity index (χ0v) is 9.70. The van der Waals surface area contributed by atoms with Crippen LogP contribution in [0.5, 0.6) is 5.75 Å². The smallest absolute Gasteiger partial charge is 0.270 e. The number of aryl methyl sites for hydroxylation is 1. The quantitative estimate of drug-likeness (QED) is 0.726. The predicted octanol–water partition coefficient (Wildman–Crippen LogP) is -0.190. The number of carbonyl (C=O) groups excluding carboxylic acids is 1. The third-order valence-electron chi connectivity index (χ3n) is 1.99. The number of carbonyl (C=O) groups is 1. The number of nitrogen functional groups attached to an aromatic ring is 1. The molecule has 0 aliphatic carbocycles. The average Bonchev–Trinajstić information content (AvgIpc) is 2.72. The summed E-state index contributed by atoms with van der Waals surface area (Å²) < 4.78 is 5.25. The minimum atomic E-state index is -0.370. The Bertz CT molecular complexity index is 553. The monoisotopic (exact) mass is 248 g/mol. The summed E-state index contributed by atoms with van der Waals surface area (Å²) in [6, 6.07) is 6.82. The fraction of sp³-hybridized carbons (Fsp3) is 0.200. The average molecular weight is 248 g/mol. The Balaban J connectivity index is 1.85. The molecular weight excluding hydrogens is 236 g/mol. The highest BCUT2D eigenvalue weighted by Gasteiger charge is 2.07. The first-order chi connectivity index (χ1) is 8.63. The van der Waals surface area contributed by atoms with Gasteiger partial charge in [0, 0.05) is 11.8 Å². The van der Waals surface area contributed by atoms with Crippen LogP contribution in [-0.4, -0.2) is 32.7 Å². The Morgan fingerprint density at radius 1 is 1.56 bits per heavy atom. The zero-order valence-electron chi connectivity index (χ0n) is 9.70. The maximum atomic E-state index is 11.5. The van der Waals surface area contributed by atoms with Gasteiger partial charge in [-0.05, 0) is 17.3 Å². The molecule has 2 aromatic rings. The van der Waals surface area contributed by atoms with Crippen LogP contribution < -0.4 is 15.8 Å². The topological polar surface area (TPSA) is 108 Å². The molecule has 8 nitrogen and oxygen atoms in total. The van der Waals surface area contributed by atoms with E-state index in [2.05, 4.69) is 20.7 Å². The van der Waals surface area contributed by atoms with Gasteiger partial charge in [0.1, 0.15) is 5.75 Å². The Morgan fingerprint density at radius 2 is 2.39 bits per heavy atom. The van der Waals surface area contributed by atoms with Crippen molar-refractivity contribution in [2.24, 2.45) is 7.05 Å². The number of nitrogens with one attached hydrogen (secondary N) is 1. The highest BCUT2D eigenvalue weighted by atomic mass is 16.5. The molecule has 94 valence electrons. The fourth-order valence-electron chi connectivity index (χ4n) is 1.25. The lowest BCUT2D eigenvalue weighted by Crippen LogP contribution is -2.21. The SMILES string of the molecule is Cn1nnc(NC(=O)COc2cccc(N)c2)n1. The van der Waals surface area contributed by atoms with E-state index in [9.17, 15) is 4.79 Å². The first kappa shape index (κ1) is 11.8. The van der Waals surface area contributed by atoms with Crippen molar-refractivity contribution in [3.8, 4) is 5.75 Å². The molecule has 0 radical (unpaired) electrons. The third kappa shape index (κ3) is 3.17. The lowest BCUT2D eigenvalue weighted by molar-refractivity contribution is -0.118. The molecule has 1 aromatic carbocycles. The number of amides is 1. The maximum absolute atomic E-state index is 11.5. The van der Waals surface area contributed by atoms with Crippen molar-refractivity contribution in [1.29, 1.82) is 0 Å². The van der Waals surface area contributed by atoms with Crippen molar-refractivity contribution in [2.75, 3.05) is 17.7 Å². The summed E-state index contributed by atoms with van der Waals surface area (Å²) >= 11 is 0. The summed E-state index contributed by atoms with van der Waals surface area (Å²) in [5, 5.41) is 13.5. The van der Waals surface area contributed by atoms with Crippen LogP contribution in [0.25, 0.3) is 0 Å². The van der Waals surface area contributed by atoms with Gasteiger partial charge in [0.25, 0.3) is 11.9 Å². The standard InChI is InChI=1S/C10H12N6O2/c1-16-14-10(13-15-16)12-9(17)6-18-8-4-2-3-7(11)5-8/h2-5H,6,11H2,1H3,(H,12,14,17). The first-order valence-corrected chi connectivity index (χ1v) is 5.15. The van der Waals surface area contributed by atoms with Gasteiger partial charge < -0.3 is 10.5 Å². The molecule has 0 spiro atoms. The van der Waals surface area contributed by atoms with Gasteiger partial charge in [-0.3, -0.25) is 10.1 Å². The van der Waals surface area contributed by atoms with E-state index in [0.29, 0.717) is 11.4 Å². The van der Waals surface area contributed by atoms with Gasteiger partial charge in [-0.1, -0.05) is 11.2 Å². The summed E-state index contributed by atoms with van der Waals surface area (Å²) in [5.74, 6) is 0.293. The van der Waals surface area contributed by atoms with E-state index in [1.165, 1.54) is 4.80 Å². The van der Waals surface area contributed by atoms with Crippen molar-refractivity contribution in [3.05, 3.63) is 24.3 Å². The summed E-state index contributed by atoms with van der Waals surface area (Å²) in [4.78, 5) is 12.7. The molecule has 3 N–H and O–H groups in total. The summed E-state index contributed by atoms with van der Waals surface area (Å²) in [5.41, 5.74) is 6.15. The summed E-state index contributed by atoms with van der Waals surface area (Å²) in [6.07, 6.45) is 0. The Labute approximate surface area is 103 Å². The molecule has 2 rings (SSSR count). The number of tetrazole rings is 1. The Kier molecular flexibility index (Phi) is 3.37. The highest BCUT2D eigenvalue weighted by molar-refractivity contribution is 5.90. The molecule has 18 heavy (non-hydrogen) atoms. The first-order valence-electron chi connectivity index (χ1n) is 5.15. The number of anilines is 2. The second-order valence-corrected chi connectivity index (χ2v) is 3.51. The van der Waals surface area contributed by atoms with Gasteiger partial charge in [-0.15, -0.1) is 5.10 Å². The highest BCUT2D eigenvalue weighted by Crippen LogP contribution is 2.14. The van der Waals surface area contributed by atoms with Crippen molar-refractivity contribution in [2.45, 2.75) is 0 Å². The number of ether oxygens (including phenoxy) is 1. The molecule has 0 unspecified atom stereocenters. The fourth-order valence-corrected chi connectivity index (χ4v) is 1.25. The van der Waals surface area contributed by atoms with Gasteiger partial charge in [-0.2, -0.15) is 4.80 Å². The Hall–Kier alpha value is -2.64. The molecule has 1 heterocycles. The normalized spacial score (nSPS) is 10.1. The number of hydrogen-bond donors (Lipinski definition) is 2. The van der Waals surface area contributed by atoms with Crippen molar-refractivity contribution < 1.29 is 9.53 Å². The van der Waals surface area contributed by atoms with Crippen molar-refractivity contribution in [3.63, 3.8) is 0 Å². The van der Waals surface area contributed by atoms with Crippen molar-refractivity contribution in [1.82, 2.24) is 20.2 Å². The van der Waals surface area contributed by atoms with E-state index < -0.39 is 0 Å². The number of nitrogens with two attached hydrogens (primary N) is 1. The van der Waals surface area contributed by atoms with E-state index in [4.69, 9.17) is 10.5 Å². The van der Waals surface area contributed by atoms with Gasteiger partial charge in [0.05, 0.1) is 7.05 Å². The Morgan fingerprint density at radius 3 is 3.06 bits per heavy atom. The molecule has 0 atom stereocenters. The van der Waals surface area contributed by atoms with Crippen LogP contribution in [-0.2, 0) is 11.8 Å². The van der Waals surface area contributed by atoms with E-state index in [0.717, 1.165) is 0 Å². The van der Waals surface area contributed by atoms with E-state index in [1.54, 1.807) is 31.3 Å². The molecule has 0 saturated carbocycles. The van der Waals surface area contributed by atoms with Gasteiger partial charge in [-0.25, -0.2) is 0 Å². The van der Waals surface area contributed by atoms with Crippen LogP contribution in [0, 0.1) is 0 Å². The van der Waals surface area contributed by atoms with Crippen molar-refractivity contribution >= 4 is 17.5 Å². The molecule has 0 fully saturated rings. The number of rotatable bonds is 4. The number of nitrogens with zero attached hydrogens (tertiary/aromatic N) is 4. The van der Waals surface area contributed by atoms with Gasteiger partial charge in [0.2, 0.25) is 0 Å². The lowest BCUT2D eigenvalue weighted by Gasteiger charge is -2.05. The number of hydrogen-bond acceptors (Lipinski definition) is 6. The predicted molar refractivity (Wildman–Crippen MR) is 63.8 cm³/mol. The van der Waals surface area contributed by atoms with Crippen LogP contribution >= 0.6 is 0 Å². The van der Waals surface area contributed by atoms with Crippen LogP contribution in [0.3, 0.4) is 0 Å². The van der Waals surface area contributed by atoms with Gasteiger partial charge >= 0.3 is 0 Å². The molecule has 0 bridgehead atoms. The molecule has 0 aliphatic heterocycles. The molecule has 1 aromatic heterocycles. The summed E-state index contributed by atoms with van der Waals surface area (Å²) in [6.45, 7) is -0.151. The molecule has 0 aliphatic rings. The van der Waals surface area contributed by atoms with E-state index in [-0.39, 0.29) is 18.5 Å². The van der Waals surface area contributed by atoms with Crippen LogP contribution in [0.4, 0.5) is 11.6 Å².